The van der Waals surface area contributed by atoms with E-state index >= 15 is 0 Å². The highest BCUT2D eigenvalue weighted by atomic mass is 16.5. The zero-order valence-corrected chi connectivity index (χ0v) is 15.4. The fourth-order valence-electron chi connectivity index (χ4n) is 3.26. The summed E-state index contributed by atoms with van der Waals surface area (Å²) in [5.41, 5.74) is 2.64. The van der Waals surface area contributed by atoms with Gasteiger partial charge in [-0.2, -0.15) is 0 Å². The smallest absolute Gasteiger partial charge is 0.251 e. The number of amides is 1. The molecule has 5 nitrogen and oxygen atoms in total. The molecule has 26 heavy (non-hydrogen) atoms. The van der Waals surface area contributed by atoms with Crippen molar-refractivity contribution in [3.63, 3.8) is 0 Å². The normalized spacial score (nSPS) is 14.7. The zero-order chi connectivity index (χ0) is 18.4. The largest absolute Gasteiger partial charge is 0.497 e. The van der Waals surface area contributed by atoms with E-state index < -0.39 is 0 Å². The summed E-state index contributed by atoms with van der Waals surface area (Å²) in [5.74, 6) is 2.05. The van der Waals surface area contributed by atoms with Crippen LogP contribution in [0, 0.1) is 5.92 Å². The van der Waals surface area contributed by atoms with Gasteiger partial charge in [-0.05, 0) is 61.7 Å². The Kier molecular flexibility index (Phi) is 6.12. The first kappa shape index (κ1) is 18.3. The number of ether oxygens (including phenoxy) is 2. The van der Waals surface area contributed by atoms with Crippen molar-refractivity contribution >= 4 is 5.91 Å². The van der Waals surface area contributed by atoms with Gasteiger partial charge >= 0.3 is 0 Å². The van der Waals surface area contributed by atoms with E-state index in [1.54, 1.807) is 14.2 Å². The molecule has 1 aliphatic rings. The van der Waals surface area contributed by atoms with Gasteiger partial charge in [0.15, 0.2) is 0 Å². The maximum Gasteiger partial charge on any atom is 0.251 e. The SMILES string of the molecule is COc1ccc(-c2ccc(C(=O)NCC3CCNCC3)cc2)c(OC)c1. The summed E-state index contributed by atoms with van der Waals surface area (Å²) in [6, 6.07) is 13.3. The van der Waals surface area contributed by atoms with E-state index in [0.29, 0.717) is 11.5 Å². The first-order chi connectivity index (χ1) is 12.7. The van der Waals surface area contributed by atoms with Gasteiger partial charge in [-0.15, -0.1) is 0 Å². The van der Waals surface area contributed by atoms with Gasteiger partial charge in [0.25, 0.3) is 5.91 Å². The summed E-state index contributed by atoms with van der Waals surface area (Å²) >= 11 is 0. The minimum Gasteiger partial charge on any atom is -0.497 e. The maximum atomic E-state index is 12.4. The number of benzene rings is 2. The lowest BCUT2D eigenvalue weighted by Gasteiger charge is -2.22. The second-order valence-electron chi connectivity index (χ2n) is 6.55. The Labute approximate surface area is 154 Å². The summed E-state index contributed by atoms with van der Waals surface area (Å²) in [6.07, 6.45) is 2.24. The van der Waals surface area contributed by atoms with E-state index in [-0.39, 0.29) is 5.91 Å². The van der Waals surface area contributed by atoms with Crippen LogP contribution in [0.25, 0.3) is 11.1 Å². The summed E-state index contributed by atoms with van der Waals surface area (Å²) < 4.78 is 10.7. The third-order valence-corrected chi connectivity index (χ3v) is 4.88. The van der Waals surface area contributed by atoms with Gasteiger partial charge in [-0.3, -0.25) is 4.79 Å². The molecule has 2 N–H and O–H groups in total. The molecule has 5 heteroatoms. The molecule has 0 radical (unpaired) electrons. The molecule has 138 valence electrons. The van der Waals surface area contributed by atoms with E-state index in [1.807, 2.05) is 42.5 Å². The molecule has 0 aliphatic carbocycles. The van der Waals surface area contributed by atoms with Crippen LogP contribution >= 0.6 is 0 Å². The average molecular weight is 354 g/mol. The first-order valence-electron chi connectivity index (χ1n) is 9.02. The lowest BCUT2D eigenvalue weighted by molar-refractivity contribution is 0.0944. The third kappa shape index (κ3) is 4.35. The minimum absolute atomic E-state index is 0.0169. The topological polar surface area (TPSA) is 59.6 Å². The van der Waals surface area contributed by atoms with Crippen molar-refractivity contribution in [2.24, 2.45) is 5.92 Å². The molecule has 0 unspecified atom stereocenters. The van der Waals surface area contributed by atoms with Gasteiger partial charge in [0, 0.05) is 23.7 Å². The Balaban J connectivity index is 1.67. The van der Waals surface area contributed by atoms with Crippen LogP contribution in [0.15, 0.2) is 42.5 Å². The van der Waals surface area contributed by atoms with E-state index in [4.69, 9.17) is 9.47 Å². The molecule has 1 aliphatic heterocycles. The Bertz CT molecular complexity index is 737. The monoisotopic (exact) mass is 354 g/mol. The molecular weight excluding hydrogens is 328 g/mol. The van der Waals surface area contributed by atoms with Crippen molar-refractivity contribution in [2.45, 2.75) is 12.8 Å². The van der Waals surface area contributed by atoms with Crippen LogP contribution in [0.4, 0.5) is 0 Å². The molecule has 1 heterocycles. The molecular formula is C21H26N2O3. The number of nitrogens with one attached hydrogen (secondary N) is 2. The lowest BCUT2D eigenvalue weighted by Crippen LogP contribution is -2.35. The molecule has 0 aromatic heterocycles. The van der Waals surface area contributed by atoms with E-state index in [0.717, 1.165) is 55.1 Å². The van der Waals surface area contributed by atoms with Gasteiger partial charge < -0.3 is 20.1 Å². The van der Waals surface area contributed by atoms with Crippen LogP contribution < -0.4 is 20.1 Å². The minimum atomic E-state index is -0.0169. The number of carbonyl (C=O) groups excluding carboxylic acids is 1. The zero-order valence-electron chi connectivity index (χ0n) is 15.4. The van der Waals surface area contributed by atoms with Gasteiger partial charge in [0.1, 0.15) is 11.5 Å². The summed E-state index contributed by atoms with van der Waals surface area (Å²) in [7, 11) is 3.27. The predicted molar refractivity (Wildman–Crippen MR) is 103 cm³/mol. The molecule has 1 saturated heterocycles. The Morgan fingerprint density at radius 3 is 2.46 bits per heavy atom. The van der Waals surface area contributed by atoms with Crippen LogP contribution in [0.1, 0.15) is 23.2 Å². The van der Waals surface area contributed by atoms with Crippen LogP contribution in [-0.2, 0) is 0 Å². The number of methoxy groups -OCH3 is 2. The standard InChI is InChI=1S/C21H26N2O3/c1-25-18-7-8-19(20(13-18)26-2)16-3-5-17(6-4-16)21(24)23-14-15-9-11-22-12-10-15/h3-8,13,15,22H,9-12,14H2,1-2H3,(H,23,24). The average Bonchev–Trinajstić information content (AvgIpc) is 2.72. The Hall–Kier alpha value is -2.53. The second kappa shape index (κ2) is 8.72. The van der Waals surface area contributed by atoms with Crippen molar-refractivity contribution in [3.05, 3.63) is 48.0 Å². The highest BCUT2D eigenvalue weighted by Crippen LogP contribution is 2.33. The van der Waals surface area contributed by atoms with E-state index in [1.165, 1.54) is 0 Å². The second-order valence-corrected chi connectivity index (χ2v) is 6.55. The van der Waals surface area contributed by atoms with Crippen molar-refractivity contribution in [3.8, 4) is 22.6 Å². The number of hydrogen-bond acceptors (Lipinski definition) is 4. The number of rotatable bonds is 6. The first-order valence-corrected chi connectivity index (χ1v) is 9.02. The Morgan fingerprint density at radius 2 is 1.81 bits per heavy atom. The molecule has 2 aromatic carbocycles. The maximum absolute atomic E-state index is 12.4. The van der Waals surface area contributed by atoms with Crippen molar-refractivity contribution in [1.82, 2.24) is 10.6 Å². The van der Waals surface area contributed by atoms with Crippen LogP contribution in [-0.4, -0.2) is 39.8 Å². The van der Waals surface area contributed by atoms with Gasteiger partial charge in [0.2, 0.25) is 0 Å². The number of hydrogen-bond donors (Lipinski definition) is 2. The lowest BCUT2D eigenvalue weighted by atomic mass is 9.98. The highest BCUT2D eigenvalue weighted by molar-refractivity contribution is 5.94. The van der Waals surface area contributed by atoms with E-state index in [9.17, 15) is 4.79 Å². The fraction of sp³-hybridized carbons (Fsp3) is 0.381. The highest BCUT2D eigenvalue weighted by Gasteiger charge is 2.15. The van der Waals surface area contributed by atoms with Gasteiger partial charge in [-0.1, -0.05) is 12.1 Å². The Morgan fingerprint density at radius 1 is 1.08 bits per heavy atom. The van der Waals surface area contributed by atoms with Crippen molar-refractivity contribution < 1.29 is 14.3 Å². The summed E-state index contributed by atoms with van der Waals surface area (Å²) in [4.78, 5) is 12.4. The van der Waals surface area contributed by atoms with Gasteiger partial charge in [-0.25, -0.2) is 0 Å². The molecule has 0 saturated carbocycles. The summed E-state index contributed by atoms with van der Waals surface area (Å²) in [6.45, 7) is 2.83. The summed E-state index contributed by atoms with van der Waals surface area (Å²) in [5, 5.41) is 6.40. The predicted octanol–water partition coefficient (Wildman–Crippen LogP) is 3.10. The van der Waals surface area contributed by atoms with Crippen LogP contribution in [0.2, 0.25) is 0 Å². The molecule has 3 rings (SSSR count). The van der Waals surface area contributed by atoms with Crippen molar-refractivity contribution in [1.29, 1.82) is 0 Å². The van der Waals surface area contributed by atoms with Crippen molar-refractivity contribution in [2.75, 3.05) is 33.9 Å². The number of carbonyl (C=O) groups is 1. The van der Waals surface area contributed by atoms with Crippen LogP contribution in [0.5, 0.6) is 11.5 Å². The molecule has 0 spiro atoms. The fourth-order valence-corrected chi connectivity index (χ4v) is 3.26. The molecule has 0 atom stereocenters. The quantitative estimate of drug-likeness (QED) is 0.837. The molecule has 0 bridgehead atoms. The third-order valence-electron chi connectivity index (χ3n) is 4.88. The molecule has 2 aromatic rings. The molecule has 1 amide bonds. The number of piperidine rings is 1. The van der Waals surface area contributed by atoms with Crippen LogP contribution in [0.3, 0.4) is 0 Å². The van der Waals surface area contributed by atoms with E-state index in [2.05, 4.69) is 10.6 Å². The molecule has 1 fully saturated rings. The van der Waals surface area contributed by atoms with Gasteiger partial charge in [0.05, 0.1) is 14.2 Å².